The molecular formula is C20H18BrN5OS. The predicted octanol–water partition coefficient (Wildman–Crippen LogP) is 4.88. The maximum atomic E-state index is 12.2. The summed E-state index contributed by atoms with van der Waals surface area (Å²) in [5.74, 6) is 0.113. The quantitative estimate of drug-likeness (QED) is 0.419. The van der Waals surface area contributed by atoms with E-state index in [0.717, 1.165) is 45.2 Å². The molecule has 2 heterocycles. The van der Waals surface area contributed by atoms with Crippen molar-refractivity contribution in [3.8, 4) is 0 Å². The minimum Gasteiger partial charge on any atom is -0.325 e. The number of nitrogens with zero attached hydrogens (tertiary/aromatic N) is 4. The number of carbonyl (C=O) groups is 1. The molecule has 142 valence electrons. The summed E-state index contributed by atoms with van der Waals surface area (Å²) in [7, 11) is 0. The third-order valence-corrected chi connectivity index (χ3v) is 5.63. The Hall–Kier alpha value is -2.45. The van der Waals surface area contributed by atoms with E-state index in [2.05, 4.69) is 54.0 Å². The van der Waals surface area contributed by atoms with E-state index in [1.807, 2.05) is 42.5 Å². The van der Waals surface area contributed by atoms with Crippen molar-refractivity contribution in [1.82, 2.24) is 19.7 Å². The lowest BCUT2D eigenvalue weighted by Crippen LogP contribution is -2.14. The minimum absolute atomic E-state index is 0.106. The summed E-state index contributed by atoms with van der Waals surface area (Å²) in [6.07, 6.45) is 0.996. The molecule has 0 aliphatic heterocycles. The van der Waals surface area contributed by atoms with E-state index in [1.165, 1.54) is 11.8 Å². The van der Waals surface area contributed by atoms with Gasteiger partial charge in [0, 0.05) is 22.1 Å². The van der Waals surface area contributed by atoms with Crippen LogP contribution >= 0.6 is 27.7 Å². The normalized spacial score (nSPS) is 11.2. The Kier molecular flexibility index (Phi) is 5.59. The molecule has 1 amide bonds. The van der Waals surface area contributed by atoms with Crippen molar-refractivity contribution in [2.45, 2.75) is 25.0 Å². The van der Waals surface area contributed by atoms with Crippen molar-refractivity contribution >= 4 is 61.4 Å². The molecule has 2 aromatic heterocycles. The summed E-state index contributed by atoms with van der Waals surface area (Å²) in [6.45, 7) is 2.99. The molecule has 1 N–H and O–H groups in total. The molecule has 0 unspecified atom stereocenters. The highest BCUT2D eigenvalue weighted by Crippen LogP contribution is 2.27. The molecule has 6 nitrogen and oxygen atoms in total. The summed E-state index contributed by atoms with van der Waals surface area (Å²) in [5.41, 5.74) is 3.48. The SMILES string of the molecule is CCCn1c2ccccc2c2nnc(SCC(=O)Nc3ccc(Br)cc3)nc21. The average molecular weight is 456 g/mol. The largest absolute Gasteiger partial charge is 0.325 e. The molecule has 0 aliphatic carbocycles. The van der Waals surface area contributed by atoms with E-state index in [4.69, 9.17) is 0 Å². The first-order valence-electron chi connectivity index (χ1n) is 8.95. The Labute approximate surface area is 174 Å². The van der Waals surface area contributed by atoms with Crippen LogP contribution in [0.2, 0.25) is 0 Å². The van der Waals surface area contributed by atoms with Crippen molar-refractivity contribution in [1.29, 1.82) is 0 Å². The van der Waals surface area contributed by atoms with Crippen LogP contribution in [0.25, 0.3) is 22.1 Å². The zero-order valence-corrected chi connectivity index (χ0v) is 17.6. The van der Waals surface area contributed by atoms with Gasteiger partial charge in [-0.1, -0.05) is 52.8 Å². The van der Waals surface area contributed by atoms with Crippen molar-refractivity contribution < 1.29 is 4.79 Å². The maximum Gasteiger partial charge on any atom is 0.234 e. The van der Waals surface area contributed by atoms with Crippen LogP contribution in [0.15, 0.2) is 58.2 Å². The highest BCUT2D eigenvalue weighted by Gasteiger charge is 2.15. The van der Waals surface area contributed by atoms with Crippen LogP contribution in [0.3, 0.4) is 0 Å². The van der Waals surface area contributed by atoms with Gasteiger partial charge >= 0.3 is 0 Å². The zero-order valence-electron chi connectivity index (χ0n) is 15.2. The second kappa shape index (κ2) is 8.28. The van der Waals surface area contributed by atoms with Crippen LogP contribution in [-0.2, 0) is 11.3 Å². The van der Waals surface area contributed by atoms with Gasteiger partial charge in [0.05, 0.1) is 11.3 Å². The van der Waals surface area contributed by atoms with Gasteiger partial charge in [0.15, 0.2) is 5.65 Å². The fourth-order valence-corrected chi connectivity index (χ4v) is 3.91. The number of carbonyl (C=O) groups excluding carboxylic acids is 1. The number of aromatic nitrogens is 4. The molecule has 28 heavy (non-hydrogen) atoms. The summed E-state index contributed by atoms with van der Waals surface area (Å²) in [5, 5.41) is 13.0. The Morgan fingerprint density at radius 1 is 1.14 bits per heavy atom. The number of anilines is 1. The second-order valence-corrected chi connectivity index (χ2v) is 8.14. The highest BCUT2D eigenvalue weighted by molar-refractivity contribution is 9.10. The number of thioether (sulfide) groups is 1. The molecule has 0 saturated heterocycles. The summed E-state index contributed by atoms with van der Waals surface area (Å²) in [4.78, 5) is 16.9. The van der Waals surface area contributed by atoms with Crippen LogP contribution in [0.1, 0.15) is 13.3 Å². The maximum absolute atomic E-state index is 12.2. The van der Waals surface area contributed by atoms with E-state index in [1.54, 1.807) is 0 Å². The molecule has 0 atom stereocenters. The third kappa shape index (κ3) is 3.88. The van der Waals surface area contributed by atoms with Gasteiger partial charge < -0.3 is 9.88 Å². The molecule has 0 radical (unpaired) electrons. The number of rotatable bonds is 6. The number of halogens is 1. The lowest BCUT2D eigenvalue weighted by Gasteiger charge is -2.06. The summed E-state index contributed by atoms with van der Waals surface area (Å²) in [6, 6.07) is 15.6. The van der Waals surface area contributed by atoms with Crippen molar-refractivity contribution in [2.75, 3.05) is 11.1 Å². The van der Waals surface area contributed by atoms with E-state index in [9.17, 15) is 4.79 Å². The summed E-state index contributed by atoms with van der Waals surface area (Å²) >= 11 is 4.66. The van der Waals surface area contributed by atoms with Crippen LogP contribution in [0.5, 0.6) is 0 Å². The predicted molar refractivity (Wildman–Crippen MR) is 117 cm³/mol. The van der Waals surface area contributed by atoms with E-state index < -0.39 is 0 Å². The summed E-state index contributed by atoms with van der Waals surface area (Å²) < 4.78 is 3.14. The molecule has 2 aromatic carbocycles. The molecule has 4 aromatic rings. The first-order valence-corrected chi connectivity index (χ1v) is 10.7. The van der Waals surface area contributed by atoms with Gasteiger partial charge in [-0.05, 0) is 36.8 Å². The van der Waals surface area contributed by atoms with Crippen LogP contribution in [0, 0.1) is 0 Å². The van der Waals surface area contributed by atoms with Gasteiger partial charge in [0.2, 0.25) is 11.1 Å². The molecule has 4 rings (SSSR count). The van der Waals surface area contributed by atoms with E-state index in [0.29, 0.717) is 5.16 Å². The number of fused-ring (bicyclic) bond motifs is 3. The van der Waals surface area contributed by atoms with Crippen LogP contribution in [0.4, 0.5) is 5.69 Å². The lowest BCUT2D eigenvalue weighted by atomic mass is 10.2. The molecule has 0 spiro atoms. The van der Waals surface area contributed by atoms with Gasteiger partial charge in [0.25, 0.3) is 0 Å². The molecule has 0 saturated carbocycles. The first kappa shape index (κ1) is 18.9. The molecule has 0 aliphatic rings. The number of hydrogen-bond acceptors (Lipinski definition) is 5. The first-order chi connectivity index (χ1) is 13.7. The fraction of sp³-hybridized carbons (Fsp3) is 0.200. The standard InChI is InChI=1S/C20H18BrN5OS/c1-2-11-26-16-6-4-3-5-15(16)18-19(26)23-20(25-24-18)28-12-17(27)22-14-9-7-13(21)8-10-14/h3-10H,2,11-12H2,1H3,(H,22,27). The van der Waals surface area contributed by atoms with Gasteiger partial charge in [-0.15, -0.1) is 10.2 Å². The topological polar surface area (TPSA) is 72.7 Å². The van der Waals surface area contributed by atoms with Gasteiger partial charge in [-0.2, -0.15) is 0 Å². The fourth-order valence-electron chi connectivity index (χ4n) is 3.06. The lowest BCUT2D eigenvalue weighted by molar-refractivity contribution is -0.113. The molecule has 0 fully saturated rings. The second-order valence-electron chi connectivity index (χ2n) is 6.28. The monoisotopic (exact) mass is 455 g/mol. The Balaban J connectivity index is 1.54. The average Bonchev–Trinajstić information content (AvgIpc) is 3.02. The molecular weight excluding hydrogens is 438 g/mol. The number of benzene rings is 2. The number of hydrogen-bond donors (Lipinski definition) is 1. The van der Waals surface area contributed by atoms with Crippen LogP contribution < -0.4 is 5.32 Å². The number of aryl methyl sites for hydroxylation is 1. The van der Waals surface area contributed by atoms with Crippen LogP contribution in [-0.4, -0.2) is 31.4 Å². The Morgan fingerprint density at radius 2 is 1.93 bits per heavy atom. The third-order valence-electron chi connectivity index (χ3n) is 4.26. The number of nitrogens with one attached hydrogen (secondary N) is 1. The molecule has 0 bridgehead atoms. The highest BCUT2D eigenvalue weighted by atomic mass is 79.9. The van der Waals surface area contributed by atoms with Gasteiger partial charge in [-0.25, -0.2) is 4.98 Å². The minimum atomic E-state index is -0.106. The Bertz CT molecular complexity index is 1140. The smallest absolute Gasteiger partial charge is 0.234 e. The van der Waals surface area contributed by atoms with Gasteiger partial charge in [-0.3, -0.25) is 4.79 Å². The van der Waals surface area contributed by atoms with Crippen molar-refractivity contribution in [3.63, 3.8) is 0 Å². The van der Waals surface area contributed by atoms with E-state index >= 15 is 0 Å². The Morgan fingerprint density at radius 3 is 2.71 bits per heavy atom. The molecule has 8 heteroatoms. The number of para-hydroxylation sites is 1. The van der Waals surface area contributed by atoms with Gasteiger partial charge in [0.1, 0.15) is 5.52 Å². The number of amides is 1. The zero-order chi connectivity index (χ0) is 19.5. The van der Waals surface area contributed by atoms with Crippen molar-refractivity contribution in [3.05, 3.63) is 53.0 Å². The van der Waals surface area contributed by atoms with Crippen molar-refractivity contribution in [2.24, 2.45) is 0 Å². The van der Waals surface area contributed by atoms with E-state index in [-0.39, 0.29) is 11.7 Å².